The molecule has 0 aliphatic rings. The van der Waals surface area contributed by atoms with Crippen molar-refractivity contribution in [1.29, 1.82) is 0 Å². The molecule has 1 N–H and O–H groups in total. The lowest BCUT2D eigenvalue weighted by molar-refractivity contribution is 0.265. The van der Waals surface area contributed by atoms with Gasteiger partial charge in [-0.15, -0.1) is 0 Å². The SMILES string of the molecule is OCCCCCOc1ccc(F)c(F)c1. The minimum absolute atomic E-state index is 0.172. The van der Waals surface area contributed by atoms with Gasteiger partial charge < -0.3 is 9.84 Å². The number of aliphatic hydroxyl groups excluding tert-OH is 1. The molecule has 0 saturated carbocycles. The second kappa shape index (κ2) is 6.35. The molecule has 0 spiro atoms. The Bertz CT molecular complexity index is 303. The highest BCUT2D eigenvalue weighted by atomic mass is 19.2. The molecule has 1 aromatic carbocycles. The first-order valence-electron chi connectivity index (χ1n) is 4.93. The minimum atomic E-state index is -0.900. The van der Waals surface area contributed by atoms with Crippen LogP contribution in [0.2, 0.25) is 0 Å². The Morgan fingerprint density at radius 1 is 1.07 bits per heavy atom. The van der Waals surface area contributed by atoms with Crippen LogP contribution in [0.5, 0.6) is 5.75 Å². The highest BCUT2D eigenvalue weighted by Crippen LogP contribution is 2.15. The van der Waals surface area contributed by atoms with E-state index in [-0.39, 0.29) is 6.61 Å². The molecule has 0 heterocycles. The van der Waals surface area contributed by atoms with Crippen molar-refractivity contribution in [1.82, 2.24) is 0 Å². The van der Waals surface area contributed by atoms with Gasteiger partial charge in [-0.1, -0.05) is 0 Å². The predicted octanol–water partition coefficient (Wildman–Crippen LogP) is 2.51. The lowest BCUT2D eigenvalue weighted by atomic mass is 10.2. The number of unbranched alkanes of at least 4 members (excludes halogenated alkanes) is 2. The monoisotopic (exact) mass is 216 g/mol. The lowest BCUT2D eigenvalue weighted by Gasteiger charge is -2.05. The molecule has 84 valence electrons. The predicted molar refractivity (Wildman–Crippen MR) is 52.8 cm³/mol. The number of rotatable bonds is 6. The van der Waals surface area contributed by atoms with Gasteiger partial charge >= 0.3 is 0 Å². The molecule has 0 atom stereocenters. The van der Waals surface area contributed by atoms with Crippen LogP contribution in [0, 0.1) is 11.6 Å². The summed E-state index contributed by atoms with van der Waals surface area (Å²) in [5, 5.41) is 8.52. The van der Waals surface area contributed by atoms with Crippen molar-refractivity contribution in [2.24, 2.45) is 0 Å². The van der Waals surface area contributed by atoms with E-state index in [1.807, 2.05) is 0 Å². The normalized spacial score (nSPS) is 10.3. The first-order chi connectivity index (χ1) is 7.24. The van der Waals surface area contributed by atoms with Crippen molar-refractivity contribution >= 4 is 0 Å². The van der Waals surface area contributed by atoms with E-state index >= 15 is 0 Å². The Morgan fingerprint density at radius 2 is 1.87 bits per heavy atom. The van der Waals surface area contributed by atoms with Gasteiger partial charge in [-0.25, -0.2) is 8.78 Å². The maximum absolute atomic E-state index is 12.7. The average Bonchev–Trinajstić information content (AvgIpc) is 2.23. The molecule has 0 aromatic heterocycles. The van der Waals surface area contributed by atoms with E-state index in [2.05, 4.69) is 0 Å². The minimum Gasteiger partial charge on any atom is -0.493 e. The van der Waals surface area contributed by atoms with Crippen molar-refractivity contribution in [3.05, 3.63) is 29.8 Å². The van der Waals surface area contributed by atoms with Gasteiger partial charge in [-0.3, -0.25) is 0 Å². The maximum atomic E-state index is 12.7. The van der Waals surface area contributed by atoms with E-state index in [0.29, 0.717) is 12.4 Å². The fourth-order valence-electron chi connectivity index (χ4n) is 1.15. The molecule has 1 aromatic rings. The highest BCUT2D eigenvalue weighted by molar-refractivity contribution is 5.23. The van der Waals surface area contributed by atoms with Crippen LogP contribution in [0.4, 0.5) is 8.78 Å². The second-order valence-electron chi connectivity index (χ2n) is 3.21. The van der Waals surface area contributed by atoms with E-state index in [1.54, 1.807) is 0 Å². The number of aliphatic hydroxyl groups is 1. The molecule has 4 heteroatoms. The largest absolute Gasteiger partial charge is 0.493 e. The molecule has 0 bridgehead atoms. The van der Waals surface area contributed by atoms with Crippen LogP contribution in [0.1, 0.15) is 19.3 Å². The van der Waals surface area contributed by atoms with Gasteiger partial charge in [0.15, 0.2) is 11.6 Å². The number of hydrogen-bond donors (Lipinski definition) is 1. The van der Waals surface area contributed by atoms with E-state index in [9.17, 15) is 8.78 Å². The molecule has 0 aliphatic carbocycles. The summed E-state index contributed by atoms with van der Waals surface area (Å²) in [5.41, 5.74) is 0. The van der Waals surface area contributed by atoms with Crippen molar-refractivity contribution in [3.8, 4) is 5.75 Å². The summed E-state index contributed by atoms with van der Waals surface area (Å²) in [6, 6.07) is 3.46. The fourth-order valence-corrected chi connectivity index (χ4v) is 1.15. The third-order valence-corrected chi connectivity index (χ3v) is 1.96. The molecule has 0 unspecified atom stereocenters. The average molecular weight is 216 g/mol. The smallest absolute Gasteiger partial charge is 0.162 e. The van der Waals surface area contributed by atoms with Crippen LogP contribution < -0.4 is 4.74 Å². The Hall–Kier alpha value is -1.16. The van der Waals surface area contributed by atoms with Gasteiger partial charge in [0.05, 0.1) is 6.61 Å². The van der Waals surface area contributed by atoms with Crippen LogP contribution in [0.3, 0.4) is 0 Å². The zero-order chi connectivity index (χ0) is 11.1. The Kier molecular flexibility index (Phi) is 5.04. The van der Waals surface area contributed by atoms with Crippen LogP contribution in [0.15, 0.2) is 18.2 Å². The van der Waals surface area contributed by atoms with Gasteiger partial charge in [0.2, 0.25) is 0 Å². The van der Waals surface area contributed by atoms with Crippen LogP contribution in [-0.2, 0) is 0 Å². The van der Waals surface area contributed by atoms with Gasteiger partial charge in [0.25, 0.3) is 0 Å². The van der Waals surface area contributed by atoms with Crippen LogP contribution in [-0.4, -0.2) is 18.3 Å². The van der Waals surface area contributed by atoms with E-state index in [1.165, 1.54) is 6.07 Å². The number of hydrogen-bond acceptors (Lipinski definition) is 2. The molecule has 0 radical (unpaired) electrons. The van der Waals surface area contributed by atoms with Gasteiger partial charge in [-0.05, 0) is 31.4 Å². The third kappa shape index (κ3) is 4.25. The summed E-state index contributed by atoms with van der Waals surface area (Å²) >= 11 is 0. The molecular weight excluding hydrogens is 202 g/mol. The first-order valence-corrected chi connectivity index (χ1v) is 4.93. The van der Waals surface area contributed by atoms with E-state index < -0.39 is 11.6 Å². The summed E-state index contributed by atoms with van der Waals surface area (Å²) in [6.45, 7) is 0.621. The molecule has 15 heavy (non-hydrogen) atoms. The van der Waals surface area contributed by atoms with E-state index in [4.69, 9.17) is 9.84 Å². The molecule has 0 saturated heterocycles. The standard InChI is InChI=1S/C11H14F2O2/c12-10-5-4-9(8-11(10)13)15-7-3-1-2-6-14/h4-5,8,14H,1-3,6-7H2. The lowest BCUT2D eigenvalue weighted by Crippen LogP contribution is -1.98. The molecule has 1 rings (SSSR count). The topological polar surface area (TPSA) is 29.5 Å². The van der Waals surface area contributed by atoms with Crippen molar-refractivity contribution in [2.75, 3.05) is 13.2 Å². The summed E-state index contributed by atoms with van der Waals surface area (Å²) in [5.74, 6) is -1.44. The quantitative estimate of drug-likeness (QED) is 0.740. The number of halogens is 2. The molecule has 0 fully saturated rings. The summed E-state index contributed by atoms with van der Waals surface area (Å²) in [4.78, 5) is 0. The van der Waals surface area contributed by atoms with Crippen LogP contribution >= 0.6 is 0 Å². The molecule has 2 nitrogen and oxygen atoms in total. The van der Waals surface area contributed by atoms with Gasteiger partial charge in [0.1, 0.15) is 5.75 Å². The number of benzene rings is 1. The Balaban J connectivity index is 2.28. The van der Waals surface area contributed by atoms with Crippen LogP contribution in [0.25, 0.3) is 0 Å². The second-order valence-corrected chi connectivity index (χ2v) is 3.21. The highest BCUT2D eigenvalue weighted by Gasteiger charge is 2.02. The zero-order valence-electron chi connectivity index (χ0n) is 8.38. The van der Waals surface area contributed by atoms with Crippen molar-refractivity contribution in [3.63, 3.8) is 0 Å². The zero-order valence-corrected chi connectivity index (χ0v) is 8.38. The molecule has 0 aliphatic heterocycles. The Morgan fingerprint density at radius 3 is 2.53 bits per heavy atom. The Labute approximate surface area is 87.5 Å². The fraction of sp³-hybridized carbons (Fsp3) is 0.455. The maximum Gasteiger partial charge on any atom is 0.162 e. The van der Waals surface area contributed by atoms with Gasteiger partial charge in [-0.2, -0.15) is 0 Å². The molecular formula is C11H14F2O2. The third-order valence-electron chi connectivity index (χ3n) is 1.96. The first kappa shape index (κ1) is 11.9. The number of ether oxygens (including phenoxy) is 1. The van der Waals surface area contributed by atoms with Gasteiger partial charge in [0, 0.05) is 12.7 Å². The van der Waals surface area contributed by atoms with E-state index in [0.717, 1.165) is 31.4 Å². The van der Waals surface area contributed by atoms with Crippen molar-refractivity contribution in [2.45, 2.75) is 19.3 Å². The summed E-state index contributed by atoms with van der Waals surface area (Å²) in [6.07, 6.45) is 2.39. The van der Waals surface area contributed by atoms with Crippen molar-refractivity contribution < 1.29 is 18.6 Å². The summed E-state index contributed by atoms with van der Waals surface area (Å²) < 4.78 is 30.5. The molecule has 0 amide bonds. The summed E-state index contributed by atoms with van der Waals surface area (Å²) in [7, 11) is 0.